The Kier molecular flexibility index (Phi) is 4.23. The van der Waals surface area contributed by atoms with Crippen LogP contribution in [0.15, 0.2) is 18.2 Å². The Balaban J connectivity index is 1.59. The largest absolute Gasteiger partial charge is 0.369 e. The number of benzene rings is 1. The molecule has 0 spiro atoms. The normalized spacial score (nSPS) is 27.3. The Morgan fingerprint density at radius 2 is 1.90 bits per heavy atom. The van der Waals surface area contributed by atoms with Gasteiger partial charge in [0.2, 0.25) is 0 Å². The van der Waals surface area contributed by atoms with Gasteiger partial charge in [-0.2, -0.15) is 0 Å². The average molecular weight is 287 g/mol. The van der Waals surface area contributed by atoms with Gasteiger partial charge in [-0.05, 0) is 49.4 Å². The summed E-state index contributed by atoms with van der Waals surface area (Å²) in [5.74, 6) is 0. The Hall–Kier alpha value is -1.06. The van der Waals surface area contributed by atoms with Crippen LogP contribution in [0.3, 0.4) is 0 Å². The molecule has 0 amide bonds. The third kappa shape index (κ3) is 3.24. The van der Waals surface area contributed by atoms with Gasteiger partial charge >= 0.3 is 0 Å². The van der Waals surface area contributed by atoms with E-state index < -0.39 is 0 Å². The minimum atomic E-state index is 0.488. The zero-order valence-electron chi connectivity index (χ0n) is 13.8. The van der Waals surface area contributed by atoms with Crippen molar-refractivity contribution in [1.29, 1.82) is 0 Å². The summed E-state index contributed by atoms with van der Waals surface area (Å²) in [6.07, 6.45) is 1.32. The molecule has 2 heterocycles. The first kappa shape index (κ1) is 14.9. The SMILES string of the molecule is Cc1cccc(N2CCN(CC3(C)CCNC3)CC2)c1C. The van der Waals surface area contributed by atoms with Crippen molar-refractivity contribution in [1.82, 2.24) is 10.2 Å². The van der Waals surface area contributed by atoms with Crippen molar-refractivity contribution in [2.45, 2.75) is 27.2 Å². The molecule has 2 saturated heterocycles. The summed E-state index contributed by atoms with van der Waals surface area (Å²) in [6.45, 7) is 15.2. The topological polar surface area (TPSA) is 18.5 Å². The molecule has 1 atom stereocenters. The quantitative estimate of drug-likeness (QED) is 0.921. The molecule has 3 rings (SSSR count). The first-order valence-corrected chi connectivity index (χ1v) is 8.32. The molecule has 2 aliphatic rings. The monoisotopic (exact) mass is 287 g/mol. The highest BCUT2D eigenvalue weighted by Gasteiger charge is 2.31. The maximum atomic E-state index is 3.51. The minimum absolute atomic E-state index is 0.488. The molecule has 1 aromatic rings. The van der Waals surface area contributed by atoms with Crippen LogP contribution in [0.4, 0.5) is 5.69 Å². The van der Waals surface area contributed by atoms with Gasteiger partial charge in [-0.15, -0.1) is 0 Å². The Bertz CT molecular complexity index is 483. The maximum absolute atomic E-state index is 3.51. The van der Waals surface area contributed by atoms with Gasteiger partial charge < -0.3 is 10.2 Å². The molecule has 2 fully saturated rings. The molecule has 0 bridgehead atoms. The average Bonchev–Trinajstić information content (AvgIpc) is 2.89. The van der Waals surface area contributed by atoms with Gasteiger partial charge in [0.15, 0.2) is 0 Å². The van der Waals surface area contributed by atoms with E-state index in [0.717, 1.165) is 13.1 Å². The molecule has 1 unspecified atom stereocenters. The van der Waals surface area contributed by atoms with Crippen molar-refractivity contribution in [3.63, 3.8) is 0 Å². The van der Waals surface area contributed by atoms with Crippen LogP contribution in [-0.4, -0.2) is 50.7 Å². The molecule has 3 nitrogen and oxygen atoms in total. The van der Waals surface area contributed by atoms with Crippen molar-refractivity contribution in [2.75, 3.05) is 50.7 Å². The Morgan fingerprint density at radius 1 is 1.14 bits per heavy atom. The van der Waals surface area contributed by atoms with Crippen molar-refractivity contribution >= 4 is 5.69 Å². The van der Waals surface area contributed by atoms with Crippen LogP contribution in [0.2, 0.25) is 0 Å². The van der Waals surface area contributed by atoms with Crippen LogP contribution in [0.25, 0.3) is 0 Å². The fourth-order valence-electron chi connectivity index (χ4n) is 3.77. The second-order valence-electron chi connectivity index (χ2n) is 7.22. The van der Waals surface area contributed by atoms with E-state index in [-0.39, 0.29) is 0 Å². The summed E-state index contributed by atoms with van der Waals surface area (Å²) in [7, 11) is 0. The van der Waals surface area contributed by atoms with Gasteiger partial charge in [-0.25, -0.2) is 0 Å². The zero-order chi connectivity index (χ0) is 14.9. The van der Waals surface area contributed by atoms with Gasteiger partial charge in [-0.3, -0.25) is 4.90 Å². The summed E-state index contributed by atoms with van der Waals surface area (Å²) in [5, 5.41) is 3.51. The number of piperazine rings is 1. The van der Waals surface area contributed by atoms with E-state index in [2.05, 4.69) is 54.1 Å². The number of rotatable bonds is 3. The standard InChI is InChI=1S/C18H29N3/c1-15-5-4-6-17(16(15)2)21-11-9-20(10-12-21)14-18(3)7-8-19-13-18/h4-6,19H,7-14H2,1-3H3. The van der Waals surface area contributed by atoms with Crippen LogP contribution in [0.1, 0.15) is 24.5 Å². The molecule has 21 heavy (non-hydrogen) atoms. The van der Waals surface area contributed by atoms with Gasteiger partial charge in [-0.1, -0.05) is 19.1 Å². The number of nitrogens with zero attached hydrogens (tertiary/aromatic N) is 2. The van der Waals surface area contributed by atoms with Crippen molar-refractivity contribution in [3.05, 3.63) is 29.3 Å². The number of hydrogen-bond donors (Lipinski definition) is 1. The first-order chi connectivity index (χ1) is 10.1. The van der Waals surface area contributed by atoms with E-state index in [0.29, 0.717) is 5.41 Å². The van der Waals surface area contributed by atoms with Crippen molar-refractivity contribution < 1.29 is 0 Å². The Labute approximate surface area is 129 Å². The van der Waals surface area contributed by atoms with Crippen LogP contribution < -0.4 is 10.2 Å². The lowest BCUT2D eigenvalue weighted by Crippen LogP contribution is -2.50. The van der Waals surface area contributed by atoms with Gasteiger partial charge in [0.25, 0.3) is 0 Å². The van der Waals surface area contributed by atoms with E-state index >= 15 is 0 Å². The predicted octanol–water partition coefficient (Wildman–Crippen LogP) is 2.43. The highest BCUT2D eigenvalue weighted by molar-refractivity contribution is 5.56. The third-order valence-corrected chi connectivity index (χ3v) is 5.35. The number of hydrogen-bond acceptors (Lipinski definition) is 3. The second kappa shape index (κ2) is 5.98. The number of nitrogens with one attached hydrogen (secondary N) is 1. The molecule has 1 N–H and O–H groups in total. The van der Waals surface area contributed by atoms with Crippen LogP contribution in [0, 0.1) is 19.3 Å². The predicted molar refractivity (Wildman–Crippen MR) is 90.2 cm³/mol. The summed E-state index contributed by atoms with van der Waals surface area (Å²) < 4.78 is 0. The first-order valence-electron chi connectivity index (χ1n) is 8.32. The lowest BCUT2D eigenvalue weighted by molar-refractivity contribution is 0.169. The van der Waals surface area contributed by atoms with Gasteiger partial charge in [0, 0.05) is 45.0 Å². The lowest BCUT2D eigenvalue weighted by atomic mass is 9.89. The van der Waals surface area contributed by atoms with Crippen LogP contribution >= 0.6 is 0 Å². The van der Waals surface area contributed by atoms with Crippen molar-refractivity contribution in [3.8, 4) is 0 Å². The molecule has 0 saturated carbocycles. The lowest BCUT2D eigenvalue weighted by Gasteiger charge is -2.40. The van der Waals surface area contributed by atoms with Gasteiger partial charge in [0.05, 0.1) is 0 Å². The number of aryl methyl sites for hydroxylation is 1. The van der Waals surface area contributed by atoms with Crippen LogP contribution in [-0.2, 0) is 0 Å². The fourth-order valence-corrected chi connectivity index (χ4v) is 3.77. The van der Waals surface area contributed by atoms with Crippen molar-refractivity contribution in [2.24, 2.45) is 5.41 Å². The molecule has 2 aliphatic heterocycles. The van der Waals surface area contributed by atoms with E-state index in [4.69, 9.17) is 0 Å². The molecular weight excluding hydrogens is 258 g/mol. The summed E-state index contributed by atoms with van der Waals surface area (Å²) in [6, 6.07) is 6.68. The minimum Gasteiger partial charge on any atom is -0.369 e. The summed E-state index contributed by atoms with van der Waals surface area (Å²) >= 11 is 0. The maximum Gasteiger partial charge on any atom is 0.0399 e. The van der Waals surface area contributed by atoms with Crippen LogP contribution in [0.5, 0.6) is 0 Å². The fraction of sp³-hybridized carbons (Fsp3) is 0.667. The molecule has 116 valence electrons. The third-order valence-electron chi connectivity index (χ3n) is 5.35. The number of anilines is 1. The molecule has 1 aromatic carbocycles. The van der Waals surface area contributed by atoms with Gasteiger partial charge in [0.1, 0.15) is 0 Å². The Morgan fingerprint density at radius 3 is 2.57 bits per heavy atom. The smallest absolute Gasteiger partial charge is 0.0399 e. The zero-order valence-corrected chi connectivity index (χ0v) is 13.8. The molecule has 0 radical (unpaired) electrons. The highest BCUT2D eigenvalue weighted by Crippen LogP contribution is 2.28. The van der Waals surface area contributed by atoms with E-state index in [9.17, 15) is 0 Å². The molecule has 0 aliphatic carbocycles. The summed E-state index contributed by atoms with van der Waals surface area (Å²) in [4.78, 5) is 5.22. The molecular formula is C18H29N3. The van der Waals surface area contributed by atoms with E-state index in [1.165, 1.54) is 56.0 Å². The second-order valence-corrected chi connectivity index (χ2v) is 7.22. The molecule has 3 heteroatoms. The molecule has 0 aromatic heterocycles. The van der Waals surface area contributed by atoms with E-state index in [1.54, 1.807) is 0 Å². The highest BCUT2D eigenvalue weighted by atomic mass is 15.3. The summed E-state index contributed by atoms with van der Waals surface area (Å²) in [5.41, 5.74) is 4.77. The van der Waals surface area contributed by atoms with E-state index in [1.807, 2.05) is 0 Å².